The molecular formula is C38H35N3O6S. The summed E-state index contributed by atoms with van der Waals surface area (Å²) in [6.07, 6.45) is 1.83. The van der Waals surface area contributed by atoms with Crippen molar-refractivity contribution in [2.24, 2.45) is 4.99 Å². The predicted octanol–water partition coefficient (Wildman–Crippen LogP) is 5.87. The summed E-state index contributed by atoms with van der Waals surface area (Å²) < 4.78 is 24.6. The third-order valence-electron chi connectivity index (χ3n) is 7.86. The molecule has 0 saturated heterocycles. The van der Waals surface area contributed by atoms with E-state index >= 15 is 0 Å². The van der Waals surface area contributed by atoms with Gasteiger partial charge in [-0.2, -0.15) is 0 Å². The van der Waals surface area contributed by atoms with Crippen molar-refractivity contribution in [3.05, 3.63) is 145 Å². The van der Waals surface area contributed by atoms with Crippen LogP contribution in [0.25, 0.3) is 6.08 Å². The number of nitrogens with one attached hydrogen (secondary N) is 1. The van der Waals surface area contributed by atoms with Gasteiger partial charge >= 0.3 is 0 Å². The van der Waals surface area contributed by atoms with Crippen molar-refractivity contribution < 1.29 is 23.7 Å². The van der Waals surface area contributed by atoms with Crippen molar-refractivity contribution in [3.8, 4) is 23.0 Å². The molecule has 5 aromatic rings. The Balaban J connectivity index is 1.32. The predicted molar refractivity (Wildman–Crippen MR) is 187 cm³/mol. The average molecular weight is 662 g/mol. The first kappa shape index (κ1) is 32.3. The van der Waals surface area contributed by atoms with Gasteiger partial charge in [-0.25, -0.2) is 4.99 Å². The first-order chi connectivity index (χ1) is 23.4. The van der Waals surface area contributed by atoms with Crippen LogP contribution in [0.4, 0.5) is 5.69 Å². The number of nitrogens with zero attached hydrogens (tertiary/aromatic N) is 2. The molecule has 9 nitrogen and oxygen atoms in total. The van der Waals surface area contributed by atoms with Crippen LogP contribution in [0.3, 0.4) is 0 Å². The molecule has 0 spiro atoms. The number of rotatable bonds is 11. The van der Waals surface area contributed by atoms with Crippen LogP contribution in [0.5, 0.6) is 23.0 Å². The van der Waals surface area contributed by atoms with Gasteiger partial charge in [-0.3, -0.25) is 14.2 Å². The van der Waals surface area contributed by atoms with Gasteiger partial charge in [-0.1, -0.05) is 53.8 Å². The molecule has 6 rings (SSSR count). The Morgan fingerprint density at radius 2 is 1.58 bits per heavy atom. The van der Waals surface area contributed by atoms with Gasteiger partial charge in [-0.05, 0) is 85.6 Å². The maximum absolute atomic E-state index is 14.1. The van der Waals surface area contributed by atoms with Crippen LogP contribution >= 0.6 is 11.3 Å². The summed E-state index contributed by atoms with van der Waals surface area (Å²) in [5.74, 6) is 2.48. The molecule has 0 unspecified atom stereocenters. The largest absolute Gasteiger partial charge is 0.497 e. The second-order valence-corrected chi connectivity index (χ2v) is 11.9. The number of fused-ring (bicyclic) bond motifs is 1. The molecular weight excluding hydrogens is 627 g/mol. The van der Waals surface area contributed by atoms with Crippen molar-refractivity contribution in [2.45, 2.75) is 26.5 Å². The first-order valence-electron chi connectivity index (χ1n) is 15.4. The van der Waals surface area contributed by atoms with Crippen LogP contribution in [0.15, 0.2) is 118 Å². The smallest absolute Gasteiger partial charge is 0.271 e. The Labute approximate surface area is 282 Å². The van der Waals surface area contributed by atoms with E-state index < -0.39 is 6.04 Å². The van der Waals surface area contributed by atoms with Crippen LogP contribution in [-0.2, 0) is 11.4 Å². The fourth-order valence-electron chi connectivity index (χ4n) is 5.53. The first-order valence-corrected chi connectivity index (χ1v) is 16.3. The van der Waals surface area contributed by atoms with E-state index in [-0.39, 0.29) is 11.5 Å². The Morgan fingerprint density at radius 1 is 0.896 bits per heavy atom. The molecule has 0 aliphatic carbocycles. The topological polar surface area (TPSA) is 100 Å². The quantitative estimate of drug-likeness (QED) is 0.190. The Morgan fingerprint density at radius 3 is 2.27 bits per heavy atom. The molecule has 1 aromatic heterocycles. The van der Waals surface area contributed by atoms with Crippen molar-refractivity contribution in [1.29, 1.82) is 0 Å². The normalized spacial score (nSPS) is 14.2. The molecule has 48 heavy (non-hydrogen) atoms. The van der Waals surface area contributed by atoms with Crippen LogP contribution < -0.4 is 39.2 Å². The van der Waals surface area contributed by atoms with Gasteiger partial charge in [0.2, 0.25) is 0 Å². The van der Waals surface area contributed by atoms with Crippen LogP contribution in [0.1, 0.15) is 36.6 Å². The number of hydrogen-bond donors (Lipinski definition) is 1. The highest BCUT2D eigenvalue weighted by Gasteiger charge is 2.32. The van der Waals surface area contributed by atoms with Gasteiger partial charge in [0, 0.05) is 11.3 Å². The molecule has 1 atom stereocenters. The summed E-state index contributed by atoms with van der Waals surface area (Å²) in [6, 6.07) is 29.1. The summed E-state index contributed by atoms with van der Waals surface area (Å²) in [4.78, 5) is 33.2. The third kappa shape index (κ3) is 6.89. The minimum absolute atomic E-state index is 0.236. The standard InChI is InChI=1S/C38H35N3O6S/c1-5-46-29-17-13-26(14-18-29)35-34(36(42)40-28-9-7-6-8-10-28)24(2)39-38-41(35)37(43)33(48-38)21-25-11-15-30(16-12-25)47-23-27-22-31(44-3)19-20-32(27)45-4/h6-22,35H,5,23H2,1-4H3,(H,40,42)/b33-21-/t35-/m0/s1. The van der Waals surface area contributed by atoms with E-state index in [2.05, 4.69) is 5.32 Å². The lowest BCUT2D eigenvalue weighted by atomic mass is 9.95. The molecule has 0 bridgehead atoms. The number of aromatic nitrogens is 1. The Bertz CT molecular complexity index is 2140. The van der Waals surface area contributed by atoms with Crippen LogP contribution in [-0.4, -0.2) is 31.3 Å². The van der Waals surface area contributed by atoms with E-state index in [4.69, 9.17) is 23.9 Å². The highest BCUT2D eigenvalue weighted by molar-refractivity contribution is 7.07. The summed E-state index contributed by atoms with van der Waals surface area (Å²) >= 11 is 1.29. The van der Waals surface area contributed by atoms with Crippen molar-refractivity contribution >= 4 is 29.0 Å². The second-order valence-electron chi connectivity index (χ2n) is 10.9. The molecule has 0 radical (unpaired) electrons. The SMILES string of the molecule is CCOc1ccc([C@H]2C(C(=O)Nc3ccccc3)=C(C)N=c3s/c(=C\c4ccc(OCc5cc(OC)ccc5OC)cc4)c(=O)n32)cc1. The maximum Gasteiger partial charge on any atom is 0.271 e. The summed E-state index contributed by atoms with van der Waals surface area (Å²) in [7, 11) is 3.23. The molecule has 1 aliphatic rings. The average Bonchev–Trinajstić information content (AvgIpc) is 3.41. The second kappa shape index (κ2) is 14.4. The van der Waals surface area contributed by atoms with Gasteiger partial charge in [0.15, 0.2) is 4.80 Å². The minimum Gasteiger partial charge on any atom is -0.497 e. The molecule has 4 aromatic carbocycles. The van der Waals surface area contributed by atoms with Crippen molar-refractivity contribution in [1.82, 2.24) is 4.57 Å². The number of carbonyl (C=O) groups excluding carboxylic acids is 1. The van der Waals surface area contributed by atoms with Gasteiger partial charge in [-0.15, -0.1) is 0 Å². The number of benzene rings is 4. The summed E-state index contributed by atoms with van der Waals surface area (Å²) in [5, 5.41) is 2.98. The van der Waals surface area contributed by atoms with Gasteiger partial charge < -0.3 is 24.3 Å². The zero-order valence-electron chi connectivity index (χ0n) is 27.1. The monoisotopic (exact) mass is 661 g/mol. The van der Waals surface area contributed by atoms with E-state index in [1.165, 1.54) is 11.3 Å². The zero-order chi connectivity index (χ0) is 33.6. The van der Waals surface area contributed by atoms with Crippen molar-refractivity contribution in [3.63, 3.8) is 0 Å². The Kier molecular flexibility index (Phi) is 9.73. The number of ether oxygens (including phenoxy) is 4. The molecule has 1 amide bonds. The number of thiazole rings is 1. The number of anilines is 1. The Hall–Kier alpha value is -5.61. The van der Waals surface area contributed by atoms with E-state index in [0.29, 0.717) is 56.8 Å². The van der Waals surface area contributed by atoms with E-state index in [1.54, 1.807) is 25.7 Å². The number of methoxy groups -OCH3 is 2. The zero-order valence-corrected chi connectivity index (χ0v) is 27.9. The number of allylic oxidation sites excluding steroid dienone is 1. The molecule has 10 heteroatoms. The third-order valence-corrected chi connectivity index (χ3v) is 8.85. The fraction of sp³-hybridized carbons (Fsp3) is 0.184. The van der Waals surface area contributed by atoms with E-state index in [1.807, 2.05) is 110 Å². The lowest BCUT2D eigenvalue weighted by Crippen LogP contribution is -2.40. The molecule has 0 saturated carbocycles. The van der Waals surface area contributed by atoms with E-state index in [0.717, 1.165) is 22.4 Å². The molecule has 2 heterocycles. The van der Waals surface area contributed by atoms with Crippen LogP contribution in [0.2, 0.25) is 0 Å². The highest BCUT2D eigenvalue weighted by Crippen LogP contribution is 2.32. The van der Waals surface area contributed by atoms with Crippen LogP contribution in [0, 0.1) is 0 Å². The van der Waals surface area contributed by atoms with Gasteiger partial charge in [0.25, 0.3) is 11.5 Å². The number of para-hydroxylation sites is 1. The van der Waals surface area contributed by atoms with Gasteiger partial charge in [0.05, 0.1) is 42.7 Å². The summed E-state index contributed by atoms with van der Waals surface area (Å²) in [5.41, 5.74) is 3.81. The minimum atomic E-state index is -0.688. The number of amides is 1. The van der Waals surface area contributed by atoms with Gasteiger partial charge in [0.1, 0.15) is 29.6 Å². The lowest BCUT2D eigenvalue weighted by molar-refractivity contribution is -0.113. The fourth-order valence-corrected chi connectivity index (χ4v) is 6.57. The van der Waals surface area contributed by atoms with Crippen molar-refractivity contribution in [2.75, 3.05) is 26.1 Å². The molecule has 1 aliphatic heterocycles. The molecule has 0 fully saturated rings. The summed E-state index contributed by atoms with van der Waals surface area (Å²) in [6.45, 7) is 4.55. The van der Waals surface area contributed by atoms with E-state index in [9.17, 15) is 9.59 Å². The molecule has 244 valence electrons. The molecule has 1 N–H and O–H groups in total. The lowest BCUT2D eigenvalue weighted by Gasteiger charge is -2.25. The highest BCUT2D eigenvalue weighted by atomic mass is 32.1. The number of carbonyl (C=O) groups is 1. The maximum atomic E-state index is 14.1. The number of hydrogen-bond acceptors (Lipinski definition) is 8.